The largest absolute Gasteiger partial charge is 0.394 e. The predicted octanol–water partition coefficient (Wildman–Crippen LogP) is 0.503. The standard InChI is InChI=1S/C23H43NO8/c1-4-5-14-8-13(3)20(31-22-12(2)6-7-15(10-24)29-22)19(28)21(14)32-23-17(27)9-16(26)18(11-25)30-23/h12-23,25-28H,4-11,24H2,1-3H3. The number of rotatable bonds is 8. The van der Waals surface area contributed by atoms with Crippen molar-refractivity contribution in [2.24, 2.45) is 23.5 Å². The van der Waals surface area contributed by atoms with Crippen LogP contribution in [0.15, 0.2) is 0 Å². The Morgan fingerprint density at radius 1 is 0.906 bits per heavy atom. The molecule has 0 aromatic carbocycles. The number of nitrogens with two attached hydrogens (primary N) is 1. The van der Waals surface area contributed by atoms with E-state index in [1.165, 1.54) is 0 Å². The van der Waals surface area contributed by atoms with Gasteiger partial charge in [0, 0.05) is 18.9 Å². The zero-order valence-electron chi connectivity index (χ0n) is 19.6. The van der Waals surface area contributed by atoms with Crippen LogP contribution >= 0.6 is 0 Å². The SMILES string of the molecule is CCCC1CC(C)C(OC2OC(CN)CCC2C)C(O)C1OC1OC(CO)C(O)CC1O. The highest BCUT2D eigenvalue weighted by Gasteiger charge is 2.48. The molecule has 12 unspecified atom stereocenters. The third kappa shape index (κ3) is 6.00. The lowest BCUT2D eigenvalue weighted by atomic mass is 9.74. The van der Waals surface area contributed by atoms with Crippen LogP contribution in [0.1, 0.15) is 59.3 Å². The normalized spacial score (nSPS) is 48.0. The highest BCUT2D eigenvalue weighted by atomic mass is 16.7. The van der Waals surface area contributed by atoms with E-state index < -0.39 is 49.2 Å². The van der Waals surface area contributed by atoms with Crippen molar-refractivity contribution in [2.45, 2.75) is 115 Å². The monoisotopic (exact) mass is 461 g/mol. The minimum absolute atomic E-state index is 0.0419. The summed E-state index contributed by atoms with van der Waals surface area (Å²) >= 11 is 0. The molecule has 0 spiro atoms. The van der Waals surface area contributed by atoms with E-state index in [4.69, 9.17) is 24.7 Å². The van der Waals surface area contributed by atoms with Crippen molar-refractivity contribution < 1.29 is 39.4 Å². The lowest BCUT2D eigenvalue weighted by molar-refractivity contribution is -0.320. The topological polar surface area (TPSA) is 144 Å². The van der Waals surface area contributed by atoms with Crippen LogP contribution in [-0.4, -0.2) is 88.9 Å². The van der Waals surface area contributed by atoms with Crippen molar-refractivity contribution in [3.8, 4) is 0 Å². The van der Waals surface area contributed by atoms with Gasteiger partial charge in [0.1, 0.15) is 18.3 Å². The Labute approximate surface area is 191 Å². The molecule has 3 rings (SSSR count). The average Bonchev–Trinajstić information content (AvgIpc) is 2.76. The first kappa shape index (κ1) is 26.2. The number of aliphatic hydroxyl groups excluding tert-OH is 4. The van der Waals surface area contributed by atoms with Gasteiger partial charge in [0.05, 0.1) is 31.0 Å². The minimum atomic E-state index is -1.05. The van der Waals surface area contributed by atoms with Gasteiger partial charge >= 0.3 is 0 Å². The summed E-state index contributed by atoms with van der Waals surface area (Å²) in [5.41, 5.74) is 5.80. The van der Waals surface area contributed by atoms with Crippen LogP contribution in [0.3, 0.4) is 0 Å². The van der Waals surface area contributed by atoms with Gasteiger partial charge in [-0.1, -0.05) is 27.2 Å². The van der Waals surface area contributed by atoms with Crippen LogP contribution in [0.2, 0.25) is 0 Å². The molecule has 1 saturated carbocycles. The summed E-state index contributed by atoms with van der Waals surface area (Å²) in [6.45, 7) is 6.31. The molecule has 32 heavy (non-hydrogen) atoms. The molecule has 2 heterocycles. The number of aliphatic hydroxyl groups is 4. The van der Waals surface area contributed by atoms with Crippen molar-refractivity contribution in [3.63, 3.8) is 0 Å². The van der Waals surface area contributed by atoms with Crippen molar-refractivity contribution >= 4 is 0 Å². The van der Waals surface area contributed by atoms with Gasteiger partial charge in [0.25, 0.3) is 0 Å². The van der Waals surface area contributed by atoms with Crippen molar-refractivity contribution in [3.05, 3.63) is 0 Å². The molecule has 9 nitrogen and oxygen atoms in total. The maximum absolute atomic E-state index is 11.4. The average molecular weight is 462 g/mol. The van der Waals surface area contributed by atoms with Crippen LogP contribution in [0, 0.1) is 17.8 Å². The summed E-state index contributed by atoms with van der Waals surface area (Å²) in [6.07, 6.45) is -1.88. The van der Waals surface area contributed by atoms with Gasteiger partial charge in [-0.3, -0.25) is 0 Å². The zero-order valence-corrected chi connectivity index (χ0v) is 19.6. The molecular formula is C23H43NO8. The summed E-state index contributed by atoms with van der Waals surface area (Å²) in [5.74, 6) is 0.362. The second kappa shape index (κ2) is 11.9. The van der Waals surface area contributed by atoms with E-state index in [-0.39, 0.29) is 36.9 Å². The highest BCUT2D eigenvalue weighted by molar-refractivity contribution is 4.94. The Kier molecular flexibility index (Phi) is 9.73. The Morgan fingerprint density at radius 2 is 1.62 bits per heavy atom. The molecule has 1 aliphatic carbocycles. The molecule has 0 radical (unpaired) electrons. The molecule has 2 aliphatic heterocycles. The van der Waals surface area contributed by atoms with Gasteiger partial charge in [0.2, 0.25) is 0 Å². The van der Waals surface area contributed by atoms with Crippen LogP contribution in [0.25, 0.3) is 0 Å². The molecule has 2 saturated heterocycles. The number of hydrogen-bond donors (Lipinski definition) is 5. The van der Waals surface area contributed by atoms with Gasteiger partial charge < -0.3 is 45.1 Å². The van der Waals surface area contributed by atoms with Gasteiger partial charge in [-0.15, -0.1) is 0 Å². The van der Waals surface area contributed by atoms with E-state index in [9.17, 15) is 20.4 Å². The first-order valence-corrected chi connectivity index (χ1v) is 12.3. The Bertz CT molecular complexity index is 568. The van der Waals surface area contributed by atoms with Crippen LogP contribution in [0.5, 0.6) is 0 Å². The minimum Gasteiger partial charge on any atom is -0.394 e. The second-order valence-corrected chi connectivity index (χ2v) is 9.97. The van der Waals surface area contributed by atoms with E-state index in [1.807, 2.05) is 0 Å². The highest BCUT2D eigenvalue weighted by Crippen LogP contribution is 2.39. The molecule has 3 fully saturated rings. The van der Waals surface area contributed by atoms with Crippen molar-refractivity contribution in [1.82, 2.24) is 0 Å². The fraction of sp³-hybridized carbons (Fsp3) is 1.00. The Morgan fingerprint density at radius 3 is 2.28 bits per heavy atom. The molecule has 0 bridgehead atoms. The van der Waals surface area contributed by atoms with Gasteiger partial charge in [0.15, 0.2) is 12.6 Å². The molecule has 6 N–H and O–H groups in total. The van der Waals surface area contributed by atoms with Gasteiger partial charge in [-0.25, -0.2) is 0 Å². The summed E-state index contributed by atoms with van der Waals surface area (Å²) in [4.78, 5) is 0. The molecule has 3 aliphatic rings. The van der Waals surface area contributed by atoms with E-state index in [1.54, 1.807) is 0 Å². The second-order valence-electron chi connectivity index (χ2n) is 9.97. The van der Waals surface area contributed by atoms with Crippen LogP contribution in [-0.2, 0) is 18.9 Å². The molecule has 0 aromatic heterocycles. The molecule has 12 atom stereocenters. The lowest BCUT2D eigenvalue weighted by Gasteiger charge is -2.48. The molecular weight excluding hydrogens is 418 g/mol. The fourth-order valence-corrected chi connectivity index (χ4v) is 5.38. The Balaban J connectivity index is 1.72. The quantitative estimate of drug-likeness (QED) is 0.349. The van der Waals surface area contributed by atoms with Gasteiger partial charge in [-0.05, 0) is 37.5 Å². The van der Waals surface area contributed by atoms with Crippen molar-refractivity contribution in [1.29, 1.82) is 0 Å². The summed E-state index contributed by atoms with van der Waals surface area (Å²) in [6, 6.07) is 0. The zero-order chi connectivity index (χ0) is 23.4. The number of hydrogen-bond acceptors (Lipinski definition) is 9. The maximum atomic E-state index is 11.4. The fourth-order valence-electron chi connectivity index (χ4n) is 5.38. The Hall–Kier alpha value is -0.360. The molecule has 0 aromatic rings. The summed E-state index contributed by atoms with van der Waals surface area (Å²) in [5, 5.41) is 41.2. The molecule has 0 amide bonds. The summed E-state index contributed by atoms with van der Waals surface area (Å²) in [7, 11) is 0. The number of ether oxygens (including phenoxy) is 4. The third-order valence-electron chi connectivity index (χ3n) is 7.33. The van der Waals surface area contributed by atoms with E-state index >= 15 is 0 Å². The smallest absolute Gasteiger partial charge is 0.184 e. The molecule has 9 heteroatoms. The van der Waals surface area contributed by atoms with E-state index in [0.29, 0.717) is 6.54 Å². The molecule has 188 valence electrons. The lowest BCUT2D eigenvalue weighted by Crippen LogP contribution is -2.58. The maximum Gasteiger partial charge on any atom is 0.184 e. The first-order valence-electron chi connectivity index (χ1n) is 12.3. The predicted molar refractivity (Wildman–Crippen MR) is 116 cm³/mol. The third-order valence-corrected chi connectivity index (χ3v) is 7.33. The van der Waals surface area contributed by atoms with E-state index in [0.717, 1.165) is 32.1 Å². The van der Waals surface area contributed by atoms with E-state index in [2.05, 4.69) is 20.8 Å². The van der Waals surface area contributed by atoms with Gasteiger partial charge in [-0.2, -0.15) is 0 Å². The van der Waals surface area contributed by atoms with Crippen LogP contribution < -0.4 is 5.73 Å². The van der Waals surface area contributed by atoms with Crippen molar-refractivity contribution in [2.75, 3.05) is 13.2 Å². The first-order chi connectivity index (χ1) is 15.3. The van der Waals surface area contributed by atoms with Crippen LogP contribution in [0.4, 0.5) is 0 Å². The summed E-state index contributed by atoms with van der Waals surface area (Å²) < 4.78 is 24.2.